The Labute approximate surface area is 122 Å². The highest BCUT2D eigenvalue weighted by Gasteiger charge is 2.05. The van der Waals surface area contributed by atoms with Crippen molar-refractivity contribution >= 4 is 17.3 Å². The van der Waals surface area contributed by atoms with Gasteiger partial charge in [-0.2, -0.15) is 0 Å². The van der Waals surface area contributed by atoms with E-state index >= 15 is 0 Å². The van der Waals surface area contributed by atoms with Crippen molar-refractivity contribution in [3.05, 3.63) is 71.5 Å². The minimum atomic E-state index is -0.352. The minimum absolute atomic E-state index is 0.352. The molecule has 0 saturated carbocycles. The number of para-hydroxylation sites is 1. The largest absolute Gasteiger partial charge is 0.489 e. The molecule has 104 valence electrons. The van der Waals surface area contributed by atoms with Crippen LogP contribution in [0.3, 0.4) is 0 Å². The Morgan fingerprint density at radius 3 is 2.80 bits per heavy atom. The van der Waals surface area contributed by atoms with E-state index in [1.54, 1.807) is 12.1 Å². The Bertz CT molecular complexity index is 601. The Kier molecular flexibility index (Phi) is 5.02. The average Bonchev–Trinajstić information content (AvgIpc) is 2.45. The zero-order valence-corrected chi connectivity index (χ0v) is 11.7. The molecule has 0 atom stereocenters. The van der Waals surface area contributed by atoms with Gasteiger partial charge >= 0.3 is 0 Å². The molecule has 4 heteroatoms. The van der Waals surface area contributed by atoms with Crippen molar-refractivity contribution in [3.63, 3.8) is 0 Å². The van der Waals surface area contributed by atoms with Gasteiger partial charge in [0, 0.05) is 12.1 Å². The van der Waals surface area contributed by atoms with E-state index in [0.29, 0.717) is 23.9 Å². The zero-order valence-electron chi connectivity index (χ0n) is 10.9. The first-order valence-corrected chi connectivity index (χ1v) is 6.59. The van der Waals surface area contributed by atoms with Crippen LogP contribution in [0.5, 0.6) is 5.75 Å². The van der Waals surface area contributed by atoms with E-state index in [2.05, 4.69) is 11.9 Å². The number of anilines is 1. The van der Waals surface area contributed by atoms with E-state index < -0.39 is 0 Å². The highest BCUT2D eigenvalue weighted by Crippen LogP contribution is 2.25. The number of rotatable bonds is 6. The Hall–Kier alpha value is -2.00. The van der Waals surface area contributed by atoms with Crippen LogP contribution in [-0.4, -0.2) is 6.61 Å². The fourth-order valence-corrected chi connectivity index (χ4v) is 2.00. The maximum Gasteiger partial charge on any atom is 0.124 e. The van der Waals surface area contributed by atoms with Gasteiger partial charge in [0.25, 0.3) is 0 Å². The molecule has 0 aromatic heterocycles. The van der Waals surface area contributed by atoms with Crippen LogP contribution in [0.15, 0.2) is 55.1 Å². The van der Waals surface area contributed by atoms with E-state index in [-0.39, 0.29) is 5.82 Å². The average molecular weight is 292 g/mol. The fourth-order valence-electron chi connectivity index (χ4n) is 1.76. The third kappa shape index (κ3) is 3.75. The highest BCUT2D eigenvalue weighted by atomic mass is 35.5. The molecule has 0 amide bonds. The van der Waals surface area contributed by atoms with Gasteiger partial charge in [0.2, 0.25) is 0 Å². The normalized spacial score (nSPS) is 10.1. The molecule has 2 nitrogen and oxygen atoms in total. The summed E-state index contributed by atoms with van der Waals surface area (Å²) in [6, 6.07) is 12.0. The van der Waals surface area contributed by atoms with Crippen molar-refractivity contribution in [1.29, 1.82) is 0 Å². The van der Waals surface area contributed by atoms with Crippen molar-refractivity contribution < 1.29 is 9.13 Å². The standard InChI is InChI=1S/C16H15ClFNO/c1-2-9-20-16-6-4-3-5-12(16)11-19-15-8-7-13(18)10-14(15)17/h2-8,10,19H,1,9,11H2. The van der Waals surface area contributed by atoms with E-state index in [1.165, 1.54) is 12.1 Å². The maximum atomic E-state index is 13.0. The lowest BCUT2D eigenvalue weighted by Gasteiger charge is -2.12. The van der Waals surface area contributed by atoms with Crippen LogP contribution in [0.4, 0.5) is 10.1 Å². The summed E-state index contributed by atoms with van der Waals surface area (Å²) in [6.45, 7) is 4.62. The number of hydrogen-bond donors (Lipinski definition) is 1. The lowest BCUT2D eigenvalue weighted by molar-refractivity contribution is 0.359. The maximum absolute atomic E-state index is 13.0. The van der Waals surface area contributed by atoms with Gasteiger partial charge in [0.1, 0.15) is 18.2 Å². The summed E-state index contributed by atoms with van der Waals surface area (Å²) in [6.07, 6.45) is 1.70. The van der Waals surface area contributed by atoms with Gasteiger partial charge in [0.15, 0.2) is 0 Å². The van der Waals surface area contributed by atoms with Gasteiger partial charge in [-0.15, -0.1) is 0 Å². The molecule has 0 radical (unpaired) electrons. The number of benzene rings is 2. The molecule has 0 bridgehead atoms. The third-order valence-corrected chi connectivity index (χ3v) is 3.04. The first-order chi connectivity index (χ1) is 9.70. The third-order valence-electron chi connectivity index (χ3n) is 2.73. The highest BCUT2D eigenvalue weighted by molar-refractivity contribution is 6.33. The van der Waals surface area contributed by atoms with E-state index in [4.69, 9.17) is 16.3 Å². The molecule has 1 N–H and O–H groups in total. The van der Waals surface area contributed by atoms with Crippen LogP contribution in [0, 0.1) is 5.82 Å². The van der Waals surface area contributed by atoms with E-state index in [0.717, 1.165) is 11.3 Å². The SMILES string of the molecule is C=CCOc1ccccc1CNc1ccc(F)cc1Cl. The molecule has 2 rings (SSSR count). The lowest BCUT2D eigenvalue weighted by Crippen LogP contribution is -2.03. The van der Waals surface area contributed by atoms with Crippen LogP contribution in [-0.2, 0) is 6.54 Å². The molecule has 0 saturated heterocycles. The van der Waals surface area contributed by atoms with Crippen molar-refractivity contribution in [3.8, 4) is 5.75 Å². The molecule has 2 aromatic carbocycles. The smallest absolute Gasteiger partial charge is 0.124 e. The van der Waals surface area contributed by atoms with Crippen molar-refractivity contribution in [2.75, 3.05) is 11.9 Å². The summed E-state index contributed by atoms with van der Waals surface area (Å²) in [5.74, 6) is 0.438. The molecule has 0 unspecified atom stereocenters. The summed E-state index contributed by atoms with van der Waals surface area (Å²) >= 11 is 5.97. The van der Waals surface area contributed by atoms with Crippen molar-refractivity contribution in [2.24, 2.45) is 0 Å². The van der Waals surface area contributed by atoms with E-state index in [1.807, 2.05) is 24.3 Å². The summed E-state index contributed by atoms with van der Waals surface area (Å²) in [7, 11) is 0. The lowest BCUT2D eigenvalue weighted by atomic mass is 10.2. The molecule has 0 aliphatic heterocycles. The first kappa shape index (κ1) is 14.4. The van der Waals surface area contributed by atoms with Gasteiger partial charge < -0.3 is 10.1 Å². The van der Waals surface area contributed by atoms with Crippen LogP contribution in [0.25, 0.3) is 0 Å². The predicted octanol–water partition coefficient (Wildman–Crippen LogP) is 4.66. The van der Waals surface area contributed by atoms with Gasteiger partial charge in [-0.3, -0.25) is 0 Å². The number of nitrogens with one attached hydrogen (secondary N) is 1. The monoisotopic (exact) mass is 291 g/mol. The van der Waals surface area contributed by atoms with Crippen LogP contribution < -0.4 is 10.1 Å². The molecule has 0 spiro atoms. The first-order valence-electron chi connectivity index (χ1n) is 6.21. The van der Waals surface area contributed by atoms with E-state index in [9.17, 15) is 4.39 Å². The summed E-state index contributed by atoms with van der Waals surface area (Å²) in [5.41, 5.74) is 1.68. The minimum Gasteiger partial charge on any atom is -0.489 e. The molecular formula is C16H15ClFNO. The van der Waals surface area contributed by atoms with Crippen molar-refractivity contribution in [2.45, 2.75) is 6.54 Å². The van der Waals surface area contributed by atoms with Gasteiger partial charge in [0.05, 0.1) is 10.7 Å². The molecular weight excluding hydrogens is 277 g/mol. The summed E-state index contributed by atoms with van der Waals surface area (Å²) in [4.78, 5) is 0. The zero-order chi connectivity index (χ0) is 14.4. The molecule has 0 fully saturated rings. The summed E-state index contributed by atoms with van der Waals surface area (Å²) < 4.78 is 18.5. The fraction of sp³-hybridized carbons (Fsp3) is 0.125. The Morgan fingerprint density at radius 2 is 2.05 bits per heavy atom. The summed E-state index contributed by atoms with van der Waals surface area (Å²) in [5, 5.41) is 3.52. The van der Waals surface area contributed by atoms with Gasteiger partial charge in [-0.05, 0) is 24.3 Å². The molecule has 20 heavy (non-hydrogen) atoms. The Balaban J connectivity index is 2.08. The van der Waals surface area contributed by atoms with Crippen molar-refractivity contribution in [1.82, 2.24) is 0 Å². The topological polar surface area (TPSA) is 21.3 Å². The quantitative estimate of drug-likeness (QED) is 0.782. The molecule has 0 heterocycles. The second-order valence-corrected chi connectivity index (χ2v) is 4.59. The van der Waals surface area contributed by atoms with Crippen LogP contribution >= 0.6 is 11.6 Å². The van der Waals surface area contributed by atoms with Crippen LogP contribution in [0.2, 0.25) is 5.02 Å². The number of hydrogen-bond acceptors (Lipinski definition) is 2. The van der Waals surface area contributed by atoms with Gasteiger partial charge in [-0.1, -0.05) is 42.5 Å². The Morgan fingerprint density at radius 1 is 1.25 bits per heavy atom. The second kappa shape index (κ2) is 6.96. The molecule has 0 aliphatic rings. The number of halogens is 2. The van der Waals surface area contributed by atoms with Gasteiger partial charge in [-0.25, -0.2) is 4.39 Å². The molecule has 2 aromatic rings. The number of ether oxygens (including phenoxy) is 1. The van der Waals surface area contributed by atoms with Crippen LogP contribution in [0.1, 0.15) is 5.56 Å². The second-order valence-electron chi connectivity index (χ2n) is 4.19. The molecule has 0 aliphatic carbocycles. The predicted molar refractivity (Wildman–Crippen MR) is 80.9 cm³/mol.